The second-order valence-corrected chi connectivity index (χ2v) is 11.6. The zero-order valence-corrected chi connectivity index (χ0v) is 22.7. The van der Waals surface area contributed by atoms with Crippen molar-refractivity contribution in [3.05, 3.63) is 68.7 Å². The van der Waals surface area contributed by atoms with Gasteiger partial charge in [-0.1, -0.05) is 18.2 Å². The Morgan fingerprint density at radius 1 is 1.30 bits per heavy atom. The summed E-state index contributed by atoms with van der Waals surface area (Å²) in [6, 6.07) is 7.62. The quantitative estimate of drug-likeness (QED) is 0.319. The minimum absolute atomic E-state index is 0.287. The van der Waals surface area contributed by atoms with E-state index in [4.69, 9.17) is 9.15 Å². The van der Waals surface area contributed by atoms with Crippen LogP contribution in [-0.2, 0) is 23.3 Å². The maximum absolute atomic E-state index is 14.0. The number of amides is 1. The SMILES string of the molecule is COc1ccccc1CCn1c(=O)n(C(C)(C)C(=O)NSC2CC2)c(=O)c2c(C)c(-c3ncco3)sc21. The molecular formula is C26H28N4O5S2. The van der Waals surface area contributed by atoms with Crippen LogP contribution in [-0.4, -0.2) is 32.4 Å². The first-order valence-electron chi connectivity index (χ1n) is 12.0. The van der Waals surface area contributed by atoms with E-state index in [9.17, 15) is 14.4 Å². The third-order valence-electron chi connectivity index (χ3n) is 6.59. The smallest absolute Gasteiger partial charge is 0.333 e. The molecule has 0 spiro atoms. The maximum atomic E-state index is 14.0. The normalized spacial score (nSPS) is 13.7. The number of methoxy groups -OCH3 is 1. The van der Waals surface area contributed by atoms with Crippen LogP contribution in [0, 0.1) is 6.92 Å². The summed E-state index contributed by atoms with van der Waals surface area (Å²) in [7, 11) is 1.61. The number of carbonyl (C=O) groups is 1. The lowest BCUT2D eigenvalue weighted by atomic mass is 10.0. The van der Waals surface area contributed by atoms with Crippen LogP contribution >= 0.6 is 23.3 Å². The molecule has 1 N–H and O–H groups in total. The van der Waals surface area contributed by atoms with Gasteiger partial charge in [-0.2, -0.15) is 0 Å². The molecule has 5 rings (SSSR count). The number of aromatic nitrogens is 3. The Morgan fingerprint density at radius 2 is 2.05 bits per heavy atom. The van der Waals surface area contributed by atoms with Gasteiger partial charge in [0.2, 0.25) is 5.89 Å². The lowest BCUT2D eigenvalue weighted by molar-refractivity contribution is -0.126. The molecule has 0 atom stereocenters. The van der Waals surface area contributed by atoms with E-state index < -0.39 is 16.8 Å². The molecule has 4 aromatic rings. The van der Waals surface area contributed by atoms with Gasteiger partial charge in [0.1, 0.15) is 22.4 Å². The number of para-hydroxylation sites is 1. The second kappa shape index (κ2) is 9.86. The van der Waals surface area contributed by atoms with E-state index in [-0.39, 0.29) is 12.5 Å². The number of hydrogen-bond acceptors (Lipinski definition) is 8. The molecular weight excluding hydrogens is 512 g/mol. The van der Waals surface area contributed by atoms with E-state index in [1.807, 2.05) is 31.2 Å². The van der Waals surface area contributed by atoms with E-state index in [0.29, 0.717) is 38.2 Å². The Kier molecular flexibility index (Phi) is 6.76. The predicted octanol–water partition coefficient (Wildman–Crippen LogP) is 4.10. The zero-order chi connectivity index (χ0) is 26.3. The number of carbonyl (C=O) groups excluding carboxylic acids is 1. The van der Waals surface area contributed by atoms with Gasteiger partial charge in [0, 0.05) is 11.8 Å². The number of rotatable bonds is 9. The summed E-state index contributed by atoms with van der Waals surface area (Å²) in [6.07, 6.45) is 5.59. The van der Waals surface area contributed by atoms with Crippen molar-refractivity contribution in [1.82, 2.24) is 18.8 Å². The van der Waals surface area contributed by atoms with Crippen molar-refractivity contribution in [2.24, 2.45) is 0 Å². The van der Waals surface area contributed by atoms with E-state index in [1.165, 1.54) is 35.7 Å². The van der Waals surface area contributed by atoms with Gasteiger partial charge >= 0.3 is 5.69 Å². The molecule has 0 bridgehead atoms. The van der Waals surface area contributed by atoms with Gasteiger partial charge in [-0.05, 0) is 69.2 Å². The molecule has 1 amide bonds. The highest BCUT2D eigenvalue weighted by Gasteiger charge is 2.37. The van der Waals surface area contributed by atoms with Crippen LogP contribution in [0.15, 0.2) is 50.7 Å². The van der Waals surface area contributed by atoms with Gasteiger partial charge < -0.3 is 9.15 Å². The van der Waals surface area contributed by atoms with Crippen LogP contribution < -0.4 is 20.7 Å². The molecule has 1 aliphatic carbocycles. The van der Waals surface area contributed by atoms with Crippen LogP contribution in [0.1, 0.15) is 37.8 Å². The molecule has 0 saturated heterocycles. The van der Waals surface area contributed by atoms with Crippen LogP contribution in [0.2, 0.25) is 0 Å². The minimum atomic E-state index is -1.41. The number of fused-ring (bicyclic) bond motifs is 1. The Balaban J connectivity index is 1.67. The van der Waals surface area contributed by atoms with Crippen molar-refractivity contribution in [3.63, 3.8) is 0 Å². The monoisotopic (exact) mass is 540 g/mol. The van der Waals surface area contributed by atoms with Crippen molar-refractivity contribution in [3.8, 4) is 16.5 Å². The first-order chi connectivity index (χ1) is 17.7. The number of aryl methyl sites for hydroxylation is 3. The molecule has 0 radical (unpaired) electrons. The minimum Gasteiger partial charge on any atom is -0.496 e. The number of nitrogens with one attached hydrogen (secondary N) is 1. The maximum Gasteiger partial charge on any atom is 0.333 e. The highest BCUT2D eigenvalue weighted by Crippen LogP contribution is 2.36. The molecule has 194 valence electrons. The van der Waals surface area contributed by atoms with Crippen molar-refractivity contribution in [2.45, 2.75) is 57.4 Å². The molecule has 3 heterocycles. The Labute approximate surface area is 221 Å². The van der Waals surface area contributed by atoms with Crippen LogP contribution in [0.25, 0.3) is 21.0 Å². The zero-order valence-electron chi connectivity index (χ0n) is 21.1. The third-order valence-corrected chi connectivity index (χ3v) is 9.00. The van der Waals surface area contributed by atoms with E-state index >= 15 is 0 Å². The van der Waals surface area contributed by atoms with Crippen molar-refractivity contribution in [1.29, 1.82) is 0 Å². The molecule has 3 aromatic heterocycles. The molecule has 1 saturated carbocycles. The second-order valence-electron chi connectivity index (χ2n) is 9.52. The summed E-state index contributed by atoms with van der Waals surface area (Å²) in [5.41, 5.74) is -0.855. The van der Waals surface area contributed by atoms with E-state index in [0.717, 1.165) is 28.7 Å². The summed E-state index contributed by atoms with van der Waals surface area (Å²) < 4.78 is 16.5. The number of nitrogens with zero attached hydrogens (tertiary/aromatic N) is 3. The third kappa shape index (κ3) is 4.61. The average molecular weight is 541 g/mol. The fourth-order valence-electron chi connectivity index (χ4n) is 4.27. The Morgan fingerprint density at radius 3 is 2.73 bits per heavy atom. The molecule has 0 aliphatic heterocycles. The van der Waals surface area contributed by atoms with Crippen LogP contribution in [0.3, 0.4) is 0 Å². The fourth-order valence-corrected chi connectivity index (χ4v) is 6.42. The standard InChI is InChI=1S/C26H28N4O5S2/c1-15-19-22(31)30(26(2,3)24(32)28-37-17-9-10-17)25(33)29(13-11-16-7-5-6-8-18(16)34-4)23(19)36-20(15)21-27-12-14-35-21/h5-8,12,14,17H,9-11,13H2,1-4H3,(H,28,32). The molecule has 11 heteroatoms. The first-order valence-corrected chi connectivity index (χ1v) is 13.7. The van der Waals surface area contributed by atoms with Gasteiger partial charge in [0.15, 0.2) is 0 Å². The number of thiophene rings is 1. The Bertz CT molecular complexity index is 1580. The lowest BCUT2D eigenvalue weighted by Crippen LogP contribution is -2.55. The molecule has 1 aromatic carbocycles. The van der Waals surface area contributed by atoms with Gasteiger partial charge in [0.25, 0.3) is 11.5 Å². The molecule has 9 nitrogen and oxygen atoms in total. The molecule has 1 fully saturated rings. The predicted molar refractivity (Wildman–Crippen MR) is 145 cm³/mol. The number of benzene rings is 1. The van der Waals surface area contributed by atoms with Crippen molar-refractivity contribution in [2.75, 3.05) is 7.11 Å². The number of hydrogen-bond donors (Lipinski definition) is 1. The lowest BCUT2D eigenvalue weighted by Gasteiger charge is -2.26. The highest BCUT2D eigenvalue weighted by atomic mass is 32.2. The summed E-state index contributed by atoms with van der Waals surface area (Å²) in [6.45, 7) is 5.31. The molecule has 0 unspecified atom stereocenters. The fraction of sp³-hybridized carbons (Fsp3) is 0.385. The summed E-state index contributed by atoms with van der Waals surface area (Å²) >= 11 is 2.64. The van der Waals surface area contributed by atoms with Gasteiger partial charge in [0.05, 0.1) is 23.6 Å². The average Bonchev–Trinajstić information content (AvgIpc) is 3.42. The number of ether oxygens (including phenoxy) is 1. The van der Waals surface area contributed by atoms with E-state index in [1.54, 1.807) is 25.5 Å². The molecule has 37 heavy (non-hydrogen) atoms. The summed E-state index contributed by atoms with van der Waals surface area (Å²) in [4.78, 5) is 46.5. The van der Waals surface area contributed by atoms with Crippen molar-refractivity contribution >= 4 is 39.4 Å². The molecule has 1 aliphatic rings. The summed E-state index contributed by atoms with van der Waals surface area (Å²) in [5, 5.41) is 0.771. The van der Waals surface area contributed by atoms with Gasteiger partial charge in [-0.25, -0.2) is 14.3 Å². The Hall–Kier alpha value is -3.31. The number of oxazole rings is 1. The van der Waals surface area contributed by atoms with Gasteiger partial charge in [-0.3, -0.25) is 18.9 Å². The van der Waals surface area contributed by atoms with Crippen LogP contribution in [0.5, 0.6) is 5.75 Å². The topological polar surface area (TPSA) is 108 Å². The van der Waals surface area contributed by atoms with Crippen molar-refractivity contribution < 1.29 is 13.9 Å². The van der Waals surface area contributed by atoms with E-state index in [2.05, 4.69) is 9.71 Å². The summed E-state index contributed by atoms with van der Waals surface area (Å²) in [5.74, 6) is 0.714. The largest absolute Gasteiger partial charge is 0.496 e. The van der Waals surface area contributed by atoms with Crippen LogP contribution in [0.4, 0.5) is 0 Å². The first kappa shape index (κ1) is 25.3. The van der Waals surface area contributed by atoms with Gasteiger partial charge in [-0.15, -0.1) is 11.3 Å². The highest BCUT2D eigenvalue weighted by molar-refractivity contribution is 7.98.